The minimum absolute atomic E-state index is 0.132. The van der Waals surface area contributed by atoms with Gasteiger partial charge in [0.1, 0.15) is 12.4 Å². The van der Waals surface area contributed by atoms with Gasteiger partial charge in [0.05, 0.1) is 18.8 Å². The van der Waals surface area contributed by atoms with Gasteiger partial charge in [0, 0.05) is 0 Å². The van der Waals surface area contributed by atoms with Crippen LogP contribution in [0.15, 0.2) is 54.6 Å². The molecule has 21 heavy (non-hydrogen) atoms. The number of hydrogen-bond donors (Lipinski definition) is 1. The SMILES string of the molecule is CC(C)OCC(N)c1cccc(OCc2ccccc2)c1. The second-order valence-corrected chi connectivity index (χ2v) is 5.34. The smallest absolute Gasteiger partial charge is 0.120 e. The molecule has 0 aliphatic carbocycles. The summed E-state index contributed by atoms with van der Waals surface area (Å²) in [5, 5.41) is 0. The van der Waals surface area contributed by atoms with Crippen molar-refractivity contribution in [3.63, 3.8) is 0 Å². The minimum atomic E-state index is -0.132. The van der Waals surface area contributed by atoms with Gasteiger partial charge in [-0.05, 0) is 37.1 Å². The Morgan fingerprint density at radius 3 is 2.48 bits per heavy atom. The van der Waals surface area contributed by atoms with Crippen molar-refractivity contribution in [1.29, 1.82) is 0 Å². The van der Waals surface area contributed by atoms with Gasteiger partial charge in [-0.1, -0.05) is 42.5 Å². The van der Waals surface area contributed by atoms with E-state index >= 15 is 0 Å². The number of ether oxygens (including phenoxy) is 2. The molecule has 0 saturated carbocycles. The average Bonchev–Trinajstić information content (AvgIpc) is 2.52. The lowest BCUT2D eigenvalue weighted by atomic mass is 10.1. The molecule has 0 fully saturated rings. The van der Waals surface area contributed by atoms with Gasteiger partial charge >= 0.3 is 0 Å². The molecule has 2 aromatic rings. The first-order valence-electron chi connectivity index (χ1n) is 7.29. The molecule has 0 aliphatic heterocycles. The van der Waals surface area contributed by atoms with Crippen molar-refractivity contribution in [3.05, 3.63) is 65.7 Å². The zero-order valence-corrected chi connectivity index (χ0v) is 12.7. The van der Waals surface area contributed by atoms with Crippen LogP contribution in [-0.2, 0) is 11.3 Å². The van der Waals surface area contributed by atoms with Gasteiger partial charge in [0.2, 0.25) is 0 Å². The molecule has 1 atom stereocenters. The Labute approximate surface area is 126 Å². The second kappa shape index (κ2) is 7.81. The molecule has 0 spiro atoms. The van der Waals surface area contributed by atoms with Crippen LogP contribution in [0.2, 0.25) is 0 Å². The van der Waals surface area contributed by atoms with E-state index in [9.17, 15) is 0 Å². The summed E-state index contributed by atoms with van der Waals surface area (Å²) in [7, 11) is 0. The fourth-order valence-corrected chi connectivity index (χ4v) is 1.97. The van der Waals surface area contributed by atoms with Crippen molar-refractivity contribution in [2.24, 2.45) is 5.73 Å². The number of benzene rings is 2. The van der Waals surface area contributed by atoms with Crippen molar-refractivity contribution < 1.29 is 9.47 Å². The molecule has 0 radical (unpaired) electrons. The molecule has 0 aliphatic rings. The van der Waals surface area contributed by atoms with Crippen LogP contribution in [0.4, 0.5) is 0 Å². The van der Waals surface area contributed by atoms with Gasteiger partial charge in [-0.25, -0.2) is 0 Å². The predicted molar refractivity (Wildman–Crippen MR) is 85.2 cm³/mol. The van der Waals surface area contributed by atoms with Crippen molar-refractivity contribution in [1.82, 2.24) is 0 Å². The molecular formula is C18H23NO2. The fraction of sp³-hybridized carbons (Fsp3) is 0.333. The molecule has 3 heteroatoms. The van der Waals surface area contributed by atoms with E-state index in [-0.39, 0.29) is 12.1 Å². The first kappa shape index (κ1) is 15.5. The summed E-state index contributed by atoms with van der Waals surface area (Å²) < 4.78 is 11.4. The van der Waals surface area contributed by atoms with Crippen LogP contribution < -0.4 is 10.5 Å². The lowest BCUT2D eigenvalue weighted by Gasteiger charge is -2.16. The molecule has 0 aromatic heterocycles. The Bertz CT molecular complexity index is 540. The standard InChI is InChI=1S/C18H23NO2/c1-14(2)20-13-18(19)16-9-6-10-17(11-16)21-12-15-7-4-3-5-8-15/h3-11,14,18H,12-13,19H2,1-2H3. The molecule has 3 nitrogen and oxygen atoms in total. The molecule has 112 valence electrons. The lowest BCUT2D eigenvalue weighted by molar-refractivity contribution is 0.0682. The van der Waals surface area contributed by atoms with Crippen molar-refractivity contribution in [2.75, 3.05) is 6.61 Å². The predicted octanol–water partition coefficient (Wildman–Crippen LogP) is 3.69. The first-order valence-corrected chi connectivity index (χ1v) is 7.29. The molecule has 2 aromatic carbocycles. The van der Waals surface area contributed by atoms with Gasteiger partial charge < -0.3 is 15.2 Å². The van der Waals surface area contributed by atoms with E-state index in [1.54, 1.807) is 0 Å². The lowest BCUT2D eigenvalue weighted by Crippen LogP contribution is -2.19. The third kappa shape index (κ3) is 5.21. The van der Waals surface area contributed by atoms with Gasteiger partial charge in [0.25, 0.3) is 0 Å². The number of nitrogens with two attached hydrogens (primary N) is 1. The topological polar surface area (TPSA) is 44.5 Å². The Balaban J connectivity index is 1.94. The van der Waals surface area contributed by atoms with Crippen LogP contribution in [0.1, 0.15) is 31.0 Å². The highest BCUT2D eigenvalue weighted by molar-refractivity contribution is 5.31. The summed E-state index contributed by atoms with van der Waals surface area (Å²) in [6.07, 6.45) is 0.188. The number of rotatable bonds is 7. The van der Waals surface area contributed by atoms with Gasteiger partial charge in [-0.2, -0.15) is 0 Å². The molecule has 0 bridgehead atoms. The van der Waals surface area contributed by atoms with E-state index in [4.69, 9.17) is 15.2 Å². The minimum Gasteiger partial charge on any atom is -0.489 e. The summed E-state index contributed by atoms with van der Waals surface area (Å²) in [6, 6.07) is 17.9. The third-order valence-corrected chi connectivity index (χ3v) is 3.14. The van der Waals surface area contributed by atoms with Crippen molar-refractivity contribution in [3.8, 4) is 5.75 Å². The molecular weight excluding hydrogens is 262 g/mol. The van der Waals surface area contributed by atoms with Gasteiger partial charge in [0.15, 0.2) is 0 Å². The molecule has 1 unspecified atom stereocenters. The molecule has 0 saturated heterocycles. The highest BCUT2D eigenvalue weighted by Gasteiger charge is 2.08. The van der Waals surface area contributed by atoms with E-state index in [2.05, 4.69) is 0 Å². The largest absolute Gasteiger partial charge is 0.489 e. The average molecular weight is 285 g/mol. The van der Waals surface area contributed by atoms with Crippen LogP contribution in [0, 0.1) is 0 Å². The summed E-state index contributed by atoms with van der Waals surface area (Å²) >= 11 is 0. The maximum atomic E-state index is 6.14. The molecule has 0 amide bonds. The summed E-state index contributed by atoms with van der Waals surface area (Å²) in [5.74, 6) is 0.830. The maximum Gasteiger partial charge on any atom is 0.120 e. The third-order valence-electron chi connectivity index (χ3n) is 3.14. The normalized spacial score (nSPS) is 12.4. The Morgan fingerprint density at radius 2 is 1.76 bits per heavy atom. The fourth-order valence-electron chi connectivity index (χ4n) is 1.97. The molecule has 2 N–H and O–H groups in total. The van der Waals surface area contributed by atoms with Crippen LogP contribution in [0.5, 0.6) is 5.75 Å². The second-order valence-electron chi connectivity index (χ2n) is 5.34. The molecule has 2 rings (SSSR count). The van der Waals surface area contributed by atoms with Crippen LogP contribution in [0.3, 0.4) is 0 Å². The van der Waals surface area contributed by atoms with E-state index in [1.165, 1.54) is 0 Å². The summed E-state index contributed by atoms with van der Waals surface area (Å²) in [5.41, 5.74) is 8.32. The number of hydrogen-bond acceptors (Lipinski definition) is 3. The van der Waals surface area contributed by atoms with E-state index in [1.807, 2.05) is 68.4 Å². The van der Waals surface area contributed by atoms with Crippen LogP contribution in [0.25, 0.3) is 0 Å². The van der Waals surface area contributed by atoms with Crippen LogP contribution in [-0.4, -0.2) is 12.7 Å². The van der Waals surface area contributed by atoms with E-state index in [0.717, 1.165) is 16.9 Å². The first-order chi connectivity index (χ1) is 10.1. The van der Waals surface area contributed by atoms with Crippen molar-refractivity contribution >= 4 is 0 Å². The Hall–Kier alpha value is -1.84. The highest BCUT2D eigenvalue weighted by atomic mass is 16.5. The van der Waals surface area contributed by atoms with Crippen molar-refractivity contribution in [2.45, 2.75) is 32.6 Å². The van der Waals surface area contributed by atoms with E-state index < -0.39 is 0 Å². The molecule has 0 heterocycles. The Morgan fingerprint density at radius 1 is 1.00 bits per heavy atom. The zero-order chi connectivity index (χ0) is 15.1. The summed E-state index contributed by atoms with van der Waals surface area (Å²) in [6.45, 7) is 5.08. The maximum absolute atomic E-state index is 6.14. The van der Waals surface area contributed by atoms with E-state index in [0.29, 0.717) is 13.2 Å². The van der Waals surface area contributed by atoms with Gasteiger partial charge in [-0.15, -0.1) is 0 Å². The highest BCUT2D eigenvalue weighted by Crippen LogP contribution is 2.19. The summed E-state index contributed by atoms with van der Waals surface area (Å²) in [4.78, 5) is 0. The quantitative estimate of drug-likeness (QED) is 0.843. The Kier molecular flexibility index (Phi) is 5.78. The van der Waals surface area contributed by atoms with Gasteiger partial charge in [-0.3, -0.25) is 0 Å². The zero-order valence-electron chi connectivity index (χ0n) is 12.7. The monoisotopic (exact) mass is 285 g/mol. The van der Waals surface area contributed by atoms with Crippen LogP contribution >= 0.6 is 0 Å².